The second-order valence-corrected chi connectivity index (χ2v) is 5.76. The van der Waals surface area contributed by atoms with E-state index in [4.69, 9.17) is 35.4 Å². The van der Waals surface area contributed by atoms with Gasteiger partial charge in [-0.25, -0.2) is 0 Å². The molecule has 0 unspecified atom stereocenters. The molecule has 0 aliphatic heterocycles. The van der Waals surface area contributed by atoms with Gasteiger partial charge in [0.25, 0.3) is 0 Å². The summed E-state index contributed by atoms with van der Waals surface area (Å²) in [6, 6.07) is 9.90. The number of alkyl halides is 3. The molecule has 2 N–H and O–H groups in total. The second kappa shape index (κ2) is 7.83. The molecule has 3 nitrogen and oxygen atoms in total. The molecular weight excluding hydrogens is 382 g/mol. The Bertz CT molecular complexity index is 779. The van der Waals surface area contributed by atoms with Gasteiger partial charge in [0.1, 0.15) is 0 Å². The maximum Gasteiger partial charge on any atom is 0.416 e. The van der Waals surface area contributed by atoms with Crippen molar-refractivity contribution in [3.05, 3.63) is 63.6 Å². The van der Waals surface area contributed by atoms with Gasteiger partial charge in [-0.1, -0.05) is 41.4 Å². The van der Waals surface area contributed by atoms with E-state index < -0.39 is 11.7 Å². The molecule has 2 aromatic rings. The smallest absolute Gasteiger partial charge is 0.330 e. The molecule has 24 heavy (non-hydrogen) atoms. The SMILES string of the molecule is FC(F)(F)c1ccc(Cl)c(NC(=S)N/N=C\c2ccccc2Cl)c1. The van der Waals surface area contributed by atoms with Gasteiger partial charge in [0, 0.05) is 10.6 Å². The lowest BCUT2D eigenvalue weighted by atomic mass is 10.2. The van der Waals surface area contributed by atoms with E-state index in [0.29, 0.717) is 10.6 Å². The first-order valence-electron chi connectivity index (χ1n) is 6.48. The van der Waals surface area contributed by atoms with Gasteiger partial charge < -0.3 is 5.32 Å². The molecule has 2 rings (SSSR count). The summed E-state index contributed by atoms with van der Waals surface area (Å²) in [7, 11) is 0. The highest BCUT2D eigenvalue weighted by atomic mass is 35.5. The van der Waals surface area contributed by atoms with E-state index in [1.807, 2.05) is 0 Å². The van der Waals surface area contributed by atoms with Crippen molar-refractivity contribution in [2.45, 2.75) is 6.18 Å². The van der Waals surface area contributed by atoms with E-state index in [0.717, 1.165) is 18.2 Å². The molecule has 2 aromatic carbocycles. The summed E-state index contributed by atoms with van der Waals surface area (Å²) in [5, 5.41) is 7.02. The van der Waals surface area contributed by atoms with Crippen molar-refractivity contribution >= 4 is 52.4 Å². The van der Waals surface area contributed by atoms with Gasteiger partial charge >= 0.3 is 6.18 Å². The van der Waals surface area contributed by atoms with Gasteiger partial charge in [-0.05, 0) is 36.5 Å². The predicted octanol–water partition coefficient (Wildman–Crippen LogP) is 5.33. The largest absolute Gasteiger partial charge is 0.416 e. The molecule has 126 valence electrons. The maximum absolute atomic E-state index is 12.7. The number of rotatable bonds is 3. The number of nitrogens with one attached hydrogen (secondary N) is 2. The molecule has 0 atom stereocenters. The van der Waals surface area contributed by atoms with E-state index in [-0.39, 0.29) is 15.8 Å². The third-order valence-electron chi connectivity index (χ3n) is 2.82. The fraction of sp³-hybridized carbons (Fsp3) is 0.0667. The molecule has 0 amide bonds. The van der Waals surface area contributed by atoms with Crippen molar-refractivity contribution in [1.29, 1.82) is 0 Å². The van der Waals surface area contributed by atoms with Crippen LogP contribution in [-0.2, 0) is 6.18 Å². The van der Waals surface area contributed by atoms with Gasteiger partial charge in [0.15, 0.2) is 5.11 Å². The van der Waals surface area contributed by atoms with Crippen molar-refractivity contribution in [3.8, 4) is 0 Å². The molecule has 0 heterocycles. The van der Waals surface area contributed by atoms with Crippen LogP contribution >= 0.6 is 35.4 Å². The third kappa shape index (κ3) is 5.09. The zero-order valence-corrected chi connectivity index (χ0v) is 14.2. The minimum atomic E-state index is -4.47. The molecule has 9 heteroatoms. The first-order chi connectivity index (χ1) is 11.3. The molecule has 0 aromatic heterocycles. The minimum Gasteiger partial charge on any atom is -0.330 e. The highest BCUT2D eigenvalue weighted by Crippen LogP contribution is 2.33. The predicted molar refractivity (Wildman–Crippen MR) is 94.9 cm³/mol. The lowest BCUT2D eigenvalue weighted by Crippen LogP contribution is -2.24. The Labute approximate surface area is 151 Å². The van der Waals surface area contributed by atoms with Crippen LogP contribution in [0, 0.1) is 0 Å². The summed E-state index contributed by atoms with van der Waals surface area (Å²) in [4.78, 5) is 0. The summed E-state index contributed by atoms with van der Waals surface area (Å²) >= 11 is 16.8. The van der Waals surface area contributed by atoms with Crippen LogP contribution in [0.5, 0.6) is 0 Å². The Morgan fingerprint density at radius 2 is 1.79 bits per heavy atom. The van der Waals surface area contributed by atoms with E-state index in [9.17, 15) is 13.2 Å². The normalized spacial score (nSPS) is 11.5. The Hall–Kier alpha value is -1.83. The number of nitrogens with zero attached hydrogens (tertiary/aromatic N) is 1. The first-order valence-corrected chi connectivity index (χ1v) is 7.65. The van der Waals surface area contributed by atoms with Gasteiger partial charge in [0.05, 0.1) is 22.5 Å². The Morgan fingerprint density at radius 3 is 2.46 bits per heavy atom. The number of anilines is 1. The van der Waals surface area contributed by atoms with Crippen LogP contribution in [0.2, 0.25) is 10.0 Å². The van der Waals surface area contributed by atoms with Crippen molar-refractivity contribution in [2.24, 2.45) is 5.10 Å². The van der Waals surface area contributed by atoms with Gasteiger partial charge in [-0.3, -0.25) is 5.43 Å². The first kappa shape index (κ1) is 18.5. The van der Waals surface area contributed by atoms with Gasteiger partial charge in [-0.2, -0.15) is 18.3 Å². The molecule has 0 radical (unpaired) electrons. The third-order valence-corrected chi connectivity index (χ3v) is 3.68. The highest BCUT2D eigenvalue weighted by molar-refractivity contribution is 7.80. The zero-order valence-electron chi connectivity index (χ0n) is 11.9. The molecule has 0 saturated carbocycles. The van der Waals surface area contributed by atoms with Crippen molar-refractivity contribution in [1.82, 2.24) is 5.43 Å². The molecule has 0 aliphatic carbocycles. The number of hydrazone groups is 1. The molecule has 0 spiro atoms. The second-order valence-electron chi connectivity index (χ2n) is 4.54. The topological polar surface area (TPSA) is 36.4 Å². The average molecular weight is 392 g/mol. The molecule has 0 fully saturated rings. The minimum absolute atomic E-state index is 0.0143. The molecule has 0 saturated heterocycles. The monoisotopic (exact) mass is 391 g/mol. The zero-order chi connectivity index (χ0) is 17.7. The van der Waals surface area contributed by atoms with Crippen LogP contribution in [0.15, 0.2) is 47.6 Å². The van der Waals surface area contributed by atoms with Crippen LogP contribution in [0.4, 0.5) is 18.9 Å². The molecule has 0 bridgehead atoms. The fourth-order valence-electron chi connectivity index (χ4n) is 1.69. The van der Waals surface area contributed by atoms with Crippen molar-refractivity contribution < 1.29 is 13.2 Å². The van der Waals surface area contributed by atoms with Gasteiger partial charge in [0.2, 0.25) is 0 Å². The van der Waals surface area contributed by atoms with Crippen LogP contribution in [0.25, 0.3) is 0 Å². The van der Waals surface area contributed by atoms with Gasteiger partial charge in [-0.15, -0.1) is 0 Å². The fourth-order valence-corrected chi connectivity index (χ4v) is 2.20. The summed E-state index contributed by atoms with van der Waals surface area (Å²) in [6.45, 7) is 0. The lowest BCUT2D eigenvalue weighted by molar-refractivity contribution is -0.137. The Balaban J connectivity index is 2.04. The number of halogens is 5. The maximum atomic E-state index is 12.7. The van der Waals surface area contributed by atoms with Crippen LogP contribution in [-0.4, -0.2) is 11.3 Å². The average Bonchev–Trinajstić information content (AvgIpc) is 2.50. The number of thiocarbonyl (C=S) groups is 1. The van der Waals surface area contributed by atoms with Crippen LogP contribution in [0.1, 0.15) is 11.1 Å². The van der Waals surface area contributed by atoms with E-state index in [2.05, 4.69) is 15.8 Å². The summed E-state index contributed by atoms with van der Waals surface area (Å²) in [5.41, 5.74) is 2.33. The lowest BCUT2D eigenvalue weighted by Gasteiger charge is -2.12. The number of hydrogen-bond acceptors (Lipinski definition) is 2. The van der Waals surface area contributed by atoms with Crippen LogP contribution in [0.3, 0.4) is 0 Å². The molecule has 0 aliphatic rings. The molecular formula is C15H10Cl2F3N3S. The van der Waals surface area contributed by atoms with E-state index in [1.54, 1.807) is 24.3 Å². The number of benzene rings is 2. The summed E-state index contributed by atoms with van der Waals surface area (Å²) in [5.74, 6) is 0. The summed E-state index contributed by atoms with van der Waals surface area (Å²) < 4.78 is 38.1. The summed E-state index contributed by atoms with van der Waals surface area (Å²) in [6.07, 6.45) is -3.04. The van der Waals surface area contributed by atoms with Crippen LogP contribution < -0.4 is 10.7 Å². The van der Waals surface area contributed by atoms with E-state index >= 15 is 0 Å². The highest BCUT2D eigenvalue weighted by Gasteiger charge is 2.31. The standard InChI is InChI=1S/C15H10Cl2F3N3S/c16-11-4-2-1-3-9(11)8-21-23-14(24)22-13-7-10(15(18,19)20)5-6-12(13)17/h1-8H,(H2,22,23,24)/b21-8-. The van der Waals surface area contributed by atoms with Crippen molar-refractivity contribution in [2.75, 3.05) is 5.32 Å². The Kier molecular flexibility index (Phi) is 6.04. The Morgan fingerprint density at radius 1 is 1.08 bits per heavy atom. The number of hydrogen-bond donors (Lipinski definition) is 2. The van der Waals surface area contributed by atoms with E-state index in [1.165, 1.54) is 6.21 Å². The quantitative estimate of drug-likeness (QED) is 0.421. The van der Waals surface area contributed by atoms with Crippen molar-refractivity contribution in [3.63, 3.8) is 0 Å².